The molecule has 0 saturated carbocycles. The van der Waals surface area contributed by atoms with E-state index in [2.05, 4.69) is 5.32 Å². The van der Waals surface area contributed by atoms with Crippen molar-refractivity contribution in [1.29, 1.82) is 0 Å². The van der Waals surface area contributed by atoms with Gasteiger partial charge in [0.05, 0.1) is 13.2 Å². The Morgan fingerprint density at radius 2 is 2.11 bits per heavy atom. The van der Waals surface area contributed by atoms with Gasteiger partial charge < -0.3 is 14.5 Å². The smallest absolute Gasteiger partial charge is 0.276 e. The van der Waals surface area contributed by atoms with Crippen LogP contribution in [0.25, 0.3) is 0 Å². The molecule has 0 aliphatic heterocycles. The van der Waals surface area contributed by atoms with Gasteiger partial charge in [0.15, 0.2) is 0 Å². The van der Waals surface area contributed by atoms with Gasteiger partial charge >= 0.3 is 0 Å². The lowest BCUT2D eigenvalue weighted by molar-refractivity contribution is 0.198. The lowest BCUT2D eigenvalue weighted by Gasteiger charge is -2.19. The number of nitrogens with one attached hydrogen (secondary N) is 1. The van der Waals surface area contributed by atoms with E-state index < -0.39 is 10.0 Å². The molecule has 110 valence electrons. The van der Waals surface area contributed by atoms with Gasteiger partial charge in [-0.05, 0) is 26.0 Å². The number of hydrogen-bond acceptors (Lipinski definition) is 5. The predicted octanol–water partition coefficient (Wildman–Crippen LogP) is 1.04. The second-order valence-electron chi connectivity index (χ2n) is 4.51. The van der Waals surface area contributed by atoms with Crippen molar-refractivity contribution in [2.24, 2.45) is 0 Å². The van der Waals surface area contributed by atoms with E-state index in [1.54, 1.807) is 20.2 Å². The second kappa shape index (κ2) is 7.04. The van der Waals surface area contributed by atoms with Crippen molar-refractivity contribution in [3.05, 3.63) is 17.9 Å². The van der Waals surface area contributed by atoms with E-state index in [1.165, 1.54) is 10.4 Å². The first-order valence-electron chi connectivity index (χ1n) is 6.16. The summed E-state index contributed by atoms with van der Waals surface area (Å²) in [6, 6.07) is 3.04. The number of methoxy groups -OCH3 is 1. The molecule has 1 aromatic rings. The topological polar surface area (TPSA) is 71.8 Å². The molecule has 0 radical (unpaired) electrons. The first-order chi connectivity index (χ1) is 8.89. The fraction of sp³-hybridized carbons (Fsp3) is 0.667. The molecule has 0 amide bonds. The van der Waals surface area contributed by atoms with Gasteiger partial charge in [-0.3, -0.25) is 0 Å². The average Bonchev–Trinajstić information content (AvgIpc) is 2.83. The van der Waals surface area contributed by atoms with Crippen LogP contribution in [0.5, 0.6) is 0 Å². The zero-order chi connectivity index (χ0) is 14.5. The fourth-order valence-corrected chi connectivity index (χ4v) is 2.69. The van der Waals surface area contributed by atoms with Crippen molar-refractivity contribution in [2.75, 3.05) is 27.3 Å². The van der Waals surface area contributed by atoms with Crippen molar-refractivity contribution < 1.29 is 17.6 Å². The van der Waals surface area contributed by atoms with Crippen molar-refractivity contribution in [1.82, 2.24) is 9.62 Å². The lowest BCUT2D eigenvalue weighted by atomic mass is 10.4. The van der Waals surface area contributed by atoms with Crippen LogP contribution >= 0.6 is 0 Å². The van der Waals surface area contributed by atoms with Gasteiger partial charge in [0, 0.05) is 26.7 Å². The van der Waals surface area contributed by atoms with Crippen LogP contribution in [0.1, 0.15) is 19.6 Å². The van der Waals surface area contributed by atoms with Crippen molar-refractivity contribution in [3.63, 3.8) is 0 Å². The number of rotatable bonds is 8. The highest BCUT2D eigenvalue weighted by Crippen LogP contribution is 2.19. The summed E-state index contributed by atoms with van der Waals surface area (Å²) < 4.78 is 35.9. The van der Waals surface area contributed by atoms with Gasteiger partial charge in [-0.25, -0.2) is 8.42 Å². The zero-order valence-corrected chi connectivity index (χ0v) is 12.7. The largest absolute Gasteiger partial charge is 0.447 e. The first-order valence-corrected chi connectivity index (χ1v) is 7.60. The standard InChI is InChI=1S/C12H22N2O4S/c1-10(2)14(3)19(15,16)12-6-5-11(18-12)9-13-7-8-17-4/h5-6,10,13H,7-9H2,1-4H3. The third kappa shape index (κ3) is 4.31. The highest BCUT2D eigenvalue weighted by Gasteiger charge is 2.26. The average molecular weight is 290 g/mol. The Morgan fingerprint density at radius 1 is 1.42 bits per heavy atom. The summed E-state index contributed by atoms with van der Waals surface area (Å²) in [5.74, 6) is 0.590. The van der Waals surface area contributed by atoms with Gasteiger partial charge in [0.1, 0.15) is 5.76 Å². The number of hydrogen-bond donors (Lipinski definition) is 1. The molecule has 19 heavy (non-hydrogen) atoms. The fourth-order valence-electron chi connectivity index (χ4n) is 1.40. The Bertz CT molecular complexity index is 482. The first kappa shape index (κ1) is 16.2. The Morgan fingerprint density at radius 3 is 2.68 bits per heavy atom. The van der Waals surface area contributed by atoms with E-state index >= 15 is 0 Å². The molecule has 0 fully saturated rings. The van der Waals surface area contributed by atoms with Gasteiger partial charge in [-0.2, -0.15) is 4.31 Å². The van der Waals surface area contributed by atoms with Crippen molar-refractivity contribution in [3.8, 4) is 0 Å². The Labute approximate surface area is 114 Å². The number of ether oxygens (including phenoxy) is 1. The molecular weight excluding hydrogens is 268 g/mol. The Hall–Kier alpha value is -0.890. The minimum atomic E-state index is -3.54. The Kier molecular flexibility index (Phi) is 5.99. The van der Waals surface area contributed by atoms with Gasteiger partial charge in [0.2, 0.25) is 5.09 Å². The molecule has 0 atom stereocenters. The van der Waals surface area contributed by atoms with Gasteiger partial charge in [0.25, 0.3) is 10.0 Å². The van der Waals surface area contributed by atoms with Crippen LogP contribution in [0.3, 0.4) is 0 Å². The monoisotopic (exact) mass is 290 g/mol. The predicted molar refractivity (Wildman–Crippen MR) is 72.4 cm³/mol. The summed E-state index contributed by atoms with van der Waals surface area (Å²) in [4.78, 5) is 0. The minimum Gasteiger partial charge on any atom is -0.447 e. The molecule has 0 unspecified atom stereocenters. The van der Waals surface area contributed by atoms with Crippen molar-refractivity contribution >= 4 is 10.0 Å². The molecule has 1 rings (SSSR count). The molecule has 0 spiro atoms. The molecule has 1 aromatic heterocycles. The highest BCUT2D eigenvalue weighted by atomic mass is 32.2. The summed E-state index contributed by atoms with van der Waals surface area (Å²) in [5, 5.41) is 3.07. The summed E-state index contributed by atoms with van der Waals surface area (Å²) in [6.07, 6.45) is 0. The molecule has 0 bridgehead atoms. The molecular formula is C12H22N2O4S. The van der Waals surface area contributed by atoms with E-state index in [0.29, 0.717) is 25.5 Å². The van der Waals surface area contributed by atoms with Gasteiger partial charge in [-0.15, -0.1) is 0 Å². The normalized spacial score (nSPS) is 12.5. The molecule has 6 nitrogen and oxygen atoms in total. The lowest BCUT2D eigenvalue weighted by Crippen LogP contribution is -2.32. The van der Waals surface area contributed by atoms with Crippen LogP contribution in [0.2, 0.25) is 0 Å². The van der Waals surface area contributed by atoms with Gasteiger partial charge in [-0.1, -0.05) is 0 Å². The zero-order valence-electron chi connectivity index (χ0n) is 11.8. The van der Waals surface area contributed by atoms with E-state index in [9.17, 15) is 8.42 Å². The summed E-state index contributed by atoms with van der Waals surface area (Å²) >= 11 is 0. The minimum absolute atomic E-state index is 0.0211. The van der Waals surface area contributed by atoms with E-state index in [0.717, 1.165) is 0 Å². The van der Waals surface area contributed by atoms with Crippen molar-refractivity contribution in [2.45, 2.75) is 31.5 Å². The van der Waals surface area contributed by atoms with Crippen LogP contribution in [0, 0.1) is 0 Å². The van der Waals surface area contributed by atoms with E-state index in [1.807, 2.05) is 13.8 Å². The van der Waals surface area contributed by atoms with Crippen LogP contribution in [0.4, 0.5) is 0 Å². The summed E-state index contributed by atoms with van der Waals surface area (Å²) in [5.41, 5.74) is 0. The molecule has 1 heterocycles. The Balaban J connectivity index is 2.68. The van der Waals surface area contributed by atoms with E-state index in [4.69, 9.17) is 9.15 Å². The highest BCUT2D eigenvalue weighted by molar-refractivity contribution is 7.89. The summed E-state index contributed by atoms with van der Waals surface area (Å²) in [6.45, 7) is 5.39. The molecule has 0 saturated heterocycles. The van der Waals surface area contributed by atoms with Crippen LogP contribution in [0.15, 0.2) is 21.6 Å². The van der Waals surface area contributed by atoms with Crippen LogP contribution in [-0.2, 0) is 21.3 Å². The second-order valence-corrected chi connectivity index (χ2v) is 6.43. The molecule has 0 aromatic carbocycles. The third-order valence-corrected chi connectivity index (χ3v) is 4.69. The number of nitrogens with zero attached hydrogens (tertiary/aromatic N) is 1. The maximum atomic E-state index is 12.2. The maximum absolute atomic E-state index is 12.2. The van der Waals surface area contributed by atoms with Crippen LogP contribution < -0.4 is 5.32 Å². The number of sulfonamides is 1. The molecule has 1 N–H and O–H groups in total. The molecule has 0 aliphatic carbocycles. The maximum Gasteiger partial charge on any atom is 0.276 e. The molecule has 7 heteroatoms. The number of furan rings is 1. The van der Waals surface area contributed by atoms with E-state index in [-0.39, 0.29) is 11.1 Å². The third-order valence-electron chi connectivity index (χ3n) is 2.78. The molecule has 0 aliphatic rings. The van der Waals surface area contributed by atoms with Crippen LogP contribution in [-0.4, -0.2) is 46.1 Å². The summed E-state index contributed by atoms with van der Waals surface area (Å²) in [7, 11) is -0.372. The SMILES string of the molecule is COCCNCc1ccc(S(=O)(=O)N(C)C(C)C)o1. The quantitative estimate of drug-likeness (QED) is 0.724.